The zero-order valence-corrected chi connectivity index (χ0v) is 15.1. The molecule has 3 rings (SSSR count). The molecule has 1 aromatic carbocycles. The third-order valence-corrected chi connectivity index (χ3v) is 3.43. The molecule has 1 aliphatic rings. The Bertz CT molecular complexity index is 632. The molecule has 1 aliphatic carbocycles. The van der Waals surface area contributed by atoms with Gasteiger partial charge in [0.15, 0.2) is 5.96 Å². The van der Waals surface area contributed by atoms with Crippen molar-refractivity contribution in [2.75, 3.05) is 7.05 Å². The maximum absolute atomic E-state index is 5.54. The highest BCUT2D eigenvalue weighted by atomic mass is 127. The van der Waals surface area contributed by atoms with Gasteiger partial charge in [0, 0.05) is 18.7 Å². The van der Waals surface area contributed by atoms with Crippen molar-refractivity contribution in [1.29, 1.82) is 0 Å². The number of guanidine groups is 1. The summed E-state index contributed by atoms with van der Waals surface area (Å²) in [5, 5.41) is 6.58. The van der Waals surface area contributed by atoms with E-state index in [0.717, 1.165) is 17.2 Å². The molecular weight excluding hydrogens is 391 g/mol. The SMILES string of the molecule is CN=C(NCc1coc(-c2ccc(C)cc2)n1)NC1CC1.I. The van der Waals surface area contributed by atoms with Gasteiger partial charge in [-0.25, -0.2) is 4.98 Å². The van der Waals surface area contributed by atoms with Gasteiger partial charge in [0.25, 0.3) is 0 Å². The quantitative estimate of drug-likeness (QED) is 0.460. The van der Waals surface area contributed by atoms with Crippen molar-refractivity contribution in [3.8, 4) is 11.5 Å². The Morgan fingerprint density at radius 3 is 2.68 bits per heavy atom. The fourth-order valence-electron chi connectivity index (χ4n) is 2.01. The van der Waals surface area contributed by atoms with E-state index in [1.54, 1.807) is 13.3 Å². The van der Waals surface area contributed by atoms with Crippen LogP contribution in [0.4, 0.5) is 0 Å². The lowest BCUT2D eigenvalue weighted by Gasteiger charge is -2.09. The third kappa shape index (κ3) is 4.46. The molecule has 0 saturated heterocycles. The summed E-state index contributed by atoms with van der Waals surface area (Å²) in [5.74, 6) is 1.47. The summed E-state index contributed by atoms with van der Waals surface area (Å²) < 4.78 is 5.54. The van der Waals surface area contributed by atoms with E-state index in [4.69, 9.17) is 4.42 Å². The van der Waals surface area contributed by atoms with Crippen molar-refractivity contribution in [1.82, 2.24) is 15.6 Å². The number of oxazole rings is 1. The molecule has 0 aliphatic heterocycles. The summed E-state index contributed by atoms with van der Waals surface area (Å²) in [4.78, 5) is 8.69. The number of benzene rings is 1. The van der Waals surface area contributed by atoms with Gasteiger partial charge in [-0.3, -0.25) is 4.99 Å². The normalized spacial score (nSPS) is 14.4. The molecule has 22 heavy (non-hydrogen) atoms. The number of aryl methyl sites for hydroxylation is 1. The van der Waals surface area contributed by atoms with Crippen LogP contribution in [0.5, 0.6) is 0 Å². The first-order valence-electron chi connectivity index (χ1n) is 7.23. The number of nitrogens with one attached hydrogen (secondary N) is 2. The van der Waals surface area contributed by atoms with Gasteiger partial charge in [-0.2, -0.15) is 0 Å². The number of nitrogens with zero attached hydrogens (tertiary/aromatic N) is 2. The predicted octanol–water partition coefficient (Wildman–Crippen LogP) is 3.10. The second-order valence-corrected chi connectivity index (χ2v) is 5.35. The van der Waals surface area contributed by atoms with Gasteiger partial charge in [0.1, 0.15) is 6.26 Å². The minimum atomic E-state index is 0. The summed E-state index contributed by atoms with van der Waals surface area (Å²) in [6.45, 7) is 2.66. The van der Waals surface area contributed by atoms with Crippen molar-refractivity contribution in [3.63, 3.8) is 0 Å². The largest absolute Gasteiger partial charge is 0.444 e. The standard InChI is InChI=1S/C16H20N4O.HI/c1-11-3-5-12(6-4-11)15-19-14(10-21-15)9-18-16(17-2)20-13-7-8-13;/h3-6,10,13H,7-9H2,1-2H3,(H2,17,18,20);1H. The van der Waals surface area contributed by atoms with Crippen molar-refractivity contribution in [2.24, 2.45) is 4.99 Å². The van der Waals surface area contributed by atoms with E-state index in [1.807, 2.05) is 12.1 Å². The van der Waals surface area contributed by atoms with E-state index >= 15 is 0 Å². The van der Waals surface area contributed by atoms with Crippen molar-refractivity contribution < 1.29 is 4.42 Å². The Morgan fingerprint density at radius 2 is 2.05 bits per heavy atom. The maximum Gasteiger partial charge on any atom is 0.226 e. The van der Waals surface area contributed by atoms with Gasteiger partial charge in [0.05, 0.1) is 12.2 Å². The molecule has 1 heterocycles. The van der Waals surface area contributed by atoms with E-state index in [1.165, 1.54) is 18.4 Å². The average Bonchev–Trinajstić information content (AvgIpc) is 3.19. The minimum absolute atomic E-state index is 0. The molecule has 0 unspecified atom stereocenters. The lowest BCUT2D eigenvalue weighted by atomic mass is 10.1. The highest BCUT2D eigenvalue weighted by Crippen LogP contribution is 2.19. The number of rotatable bonds is 4. The van der Waals surface area contributed by atoms with E-state index in [-0.39, 0.29) is 24.0 Å². The number of aromatic nitrogens is 1. The molecule has 1 fully saturated rings. The van der Waals surface area contributed by atoms with Crippen molar-refractivity contribution >= 4 is 29.9 Å². The molecule has 0 amide bonds. The fourth-order valence-corrected chi connectivity index (χ4v) is 2.01. The van der Waals surface area contributed by atoms with Crippen LogP contribution in [0.1, 0.15) is 24.1 Å². The van der Waals surface area contributed by atoms with E-state index in [2.05, 4.69) is 39.7 Å². The molecule has 118 valence electrons. The summed E-state index contributed by atoms with van der Waals surface area (Å²) >= 11 is 0. The second kappa shape index (κ2) is 7.62. The van der Waals surface area contributed by atoms with Crippen molar-refractivity contribution in [3.05, 3.63) is 41.8 Å². The molecule has 0 atom stereocenters. The number of halogens is 1. The first kappa shape index (κ1) is 16.8. The Hall–Kier alpha value is -1.57. The number of hydrogen-bond acceptors (Lipinski definition) is 3. The fraction of sp³-hybridized carbons (Fsp3) is 0.375. The highest BCUT2D eigenvalue weighted by molar-refractivity contribution is 14.0. The molecule has 0 spiro atoms. The van der Waals surface area contributed by atoms with Gasteiger partial charge in [0.2, 0.25) is 5.89 Å². The Balaban J connectivity index is 0.00000176. The summed E-state index contributed by atoms with van der Waals surface area (Å²) in [5.41, 5.74) is 3.08. The van der Waals surface area contributed by atoms with Crippen LogP contribution >= 0.6 is 24.0 Å². The molecule has 1 aromatic heterocycles. The van der Waals surface area contributed by atoms with Crippen LogP contribution in [-0.2, 0) is 6.54 Å². The lowest BCUT2D eigenvalue weighted by molar-refractivity contribution is 0.572. The van der Waals surface area contributed by atoms with E-state index < -0.39 is 0 Å². The zero-order chi connectivity index (χ0) is 14.7. The molecule has 0 radical (unpaired) electrons. The van der Waals surface area contributed by atoms with E-state index in [9.17, 15) is 0 Å². The van der Waals surface area contributed by atoms with Gasteiger partial charge >= 0.3 is 0 Å². The van der Waals surface area contributed by atoms with Gasteiger partial charge < -0.3 is 15.1 Å². The van der Waals surface area contributed by atoms with Crippen LogP contribution < -0.4 is 10.6 Å². The van der Waals surface area contributed by atoms with Gasteiger partial charge in [-0.05, 0) is 31.9 Å². The topological polar surface area (TPSA) is 62.5 Å². The smallest absolute Gasteiger partial charge is 0.226 e. The third-order valence-electron chi connectivity index (χ3n) is 3.43. The molecule has 2 aromatic rings. The molecule has 6 heteroatoms. The number of aliphatic imine (C=N–C) groups is 1. The lowest BCUT2D eigenvalue weighted by Crippen LogP contribution is -2.38. The minimum Gasteiger partial charge on any atom is -0.444 e. The van der Waals surface area contributed by atoms with Crippen molar-refractivity contribution in [2.45, 2.75) is 32.4 Å². The zero-order valence-electron chi connectivity index (χ0n) is 12.8. The summed E-state index contributed by atoms with van der Waals surface area (Å²) in [6.07, 6.45) is 4.14. The molecular formula is C16H21IN4O. The molecule has 2 N–H and O–H groups in total. The second-order valence-electron chi connectivity index (χ2n) is 5.35. The van der Waals surface area contributed by atoms with E-state index in [0.29, 0.717) is 18.5 Å². The summed E-state index contributed by atoms with van der Waals surface area (Å²) in [6, 6.07) is 8.73. The Morgan fingerprint density at radius 1 is 1.32 bits per heavy atom. The van der Waals surface area contributed by atoms with Crippen LogP contribution in [0.3, 0.4) is 0 Å². The van der Waals surface area contributed by atoms with Gasteiger partial charge in [-0.15, -0.1) is 24.0 Å². The van der Waals surface area contributed by atoms with Crippen LogP contribution in [0.25, 0.3) is 11.5 Å². The maximum atomic E-state index is 5.54. The molecule has 5 nitrogen and oxygen atoms in total. The molecule has 1 saturated carbocycles. The Kier molecular flexibility index (Phi) is 5.82. The van der Waals surface area contributed by atoms with Crippen LogP contribution in [0, 0.1) is 6.92 Å². The van der Waals surface area contributed by atoms with Crippen LogP contribution in [-0.4, -0.2) is 24.0 Å². The van der Waals surface area contributed by atoms with Crippen LogP contribution in [0.15, 0.2) is 39.9 Å². The summed E-state index contributed by atoms with van der Waals surface area (Å²) in [7, 11) is 1.78. The Labute approximate surface area is 147 Å². The first-order valence-corrected chi connectivity index (χ1v) is 7.23. The van der Waals surface area contributed by atoms with Gasteiger partial charge in [-0.1, -0.05) is 17.7 Å². The average molecular weight is 412 g/mol. The molecule has 0 bridgehead atoms. The first-order chi connectivity index (χ1) is 10.2. The van der Waals surface area contributed by atoms with Crippen LogP contribution in [0.2, 0.25) is 0 Å². The predicted molar refractivity (Wildman–Crippen MR) is 98.4 cm³/mol. The monoisotopic (exact) mass is 412 g/mol. The highest BCUT2D eigenvalue weighted by Gasteiger charge is 2.22. The number of hydrogen-bond donors (Lipinski definition) is 2.